The molecule has 0 spiro atoms. The molecule has 0 aliphatic carbocycles. The number of para-hydroxylation sites is 2. The van der Waals surface area contributed by atoms with E-state index in [2.05, 4.69) is 15.3 Å². The number of hydrogen-bond donors (Lipinski definition) is 1. The average molecular weight is 397 g/mol. The zero-order chi connectivity index (χ0) is 18.8. The van der Waals surface area contributed by atoms with E-state index in [4.69, 9.17) is 9.47 Å². The molecule has 4 aromatic rings. The molecule has 4 rings (SSSR count). The fraction of sp³-hybridized carbons (Fsp3) is 0.105. The summed E-state index contributed by atoms with van der Waals surface area (Å²) in [4.78, 5) is 21.5. The molecule has 6 nitrogen and oxygen atoms in total. The molecule has 0 radical (unpaired) electrons. The van der Waals surface area contributed by atoms with Gasteiger partial charge in [0.25, 0.3) is 5.91 Å². The number of fused-ring (bicyclic) bond motifs is 1. The molecular formula is C19H15N3O3S2. The third-order valence-corrected chi connectivity index (χ3v) is 5.71. The first kappa shape index (κ1) is 17.4. The van der Waals surface area contributed by atoms with Crippen molar-refractivity contribution in [3.63, 3.8) is 0 Å². The Morgan fingerprint density at radius 2 is 1.78 bits per heavy atom. The zero-order valence-corrected chi connectivity index (χ0v) is 16.2. The molecule has 1 N–H and O–H groups in total. The number of carbonyl (C=O) groups is 1. The molecule has 0 saturated heterocycles. The lowest BCUT2D eigenvalue weighted by Gasteiger charge is -2.04. The van der Waals surface area contributed by atoms with E-state index < -0.39 is 0 Å². The molecule has 27 heavy (non-hydrogen) atoms. The first-order valence-corrected chi connectivity index (χ1v) is 9.73. The van der Waals surface area contributed by atoms with Crippen LogP contribution in [0.3, 0.4) is 0 Å². The highest BCUT2D eigenvalue weighted by Gasteiger charge is 2.16. The van der Waals surface area contributed by atoms with Crippen LogP contribution < -0.4 is 14.8 Å². The number of rotatable bonds is 5. The Morgan fingerprint density at radius 3 is 2.59 bits per heavy atom. The maximum atomic E-state index is 12.6. The van der Waals surface area contributed by atoms with Crippen molar-refractivity contribution in [2.45, 2.75) is 0 Å². The molecule has 0 unspecified atom stereocenters. The fourth-order valence-corrected chi connectivity index (χ4v) is 4.33. The second kappa shape index (κ2) is 7.34. The van der Waals surface area contributed by atoms with Crippen molar-refractivity contribution in [1.29, 1.82) is 0 Å². The van der Waals surface area contributed by atoms with Gasteiger partial charge >= 0.3 is 0 Å². The summed E-state index contributed by atoms with van der Waals surface area (Å²) >= 11 is 2.78. The van der Waals surface area contributed by atoms with E-state index in [1.807, 2.05) is 42.5 Å². The Labute approximate surface area is 163 Å². The molecule has 0 fully saturated rings. The number of ether oxygens (including phenoxy) is 2. The summed E-state index contributed by atoms with van der Waals surface area (Å²) in [6, 6.07) is 13.3. The minimum Gasteiger partial charge on any atom is -0.496 e. The highest BCUT2D eigenvalue weighted by atomic mass is 32.1. The first-order chi connectivity index (χ1) is 13.2. The molecule has 136 valence electrons. The topological polar surface area (TPSA) is 73.3 Å². The maximum absolute atomic E-state index is 12.6. The van der Waals surface area contributed by atoms with Gasteiger partial charge in [0.2, 0.25) is 0 Å². The summed E-state index contributed by atoms with van der Waals surface area (Å²) < 4.78 is 11.6. The Kier molecular flexibility index (Phi) is 4.74. The summed E-state index contributed by atoms with van der Waals surface area (Å²) in [7, 11) is 3.21. The number of carbonyl (C=O) groups excluding carboxylic acids is 1. The number of thiazole rings is 2. The third kappa shape index (κ3) is 3.36. The van der Waals surface area contributed by atoms with Gasteiger partial charge in [-0.1, -0.05) is 29.5 Å². The Balaban J connectivity index is 1.58. The molecule has 0 bridgehead atoms. The number of aromatic nitrogens is 2. The predicted octanol–water partition coefficient (Wildman–Crippen LogP) is 4.69. The van der Waals surface area contributed by atoms with E-state index in [1.54, 1.807) is 19.6 Å². The number of methoxy groups -OCH3 is 2. The SMILES string of the molecule is COc1ccccc1-c1nc(C(=O)Nc2nc3c(OC)cccc3s2)cs1. The predicted molar refractivity (Wildman–Crippen MR) is 108 cm³/mol. The van der Waals surface area contributed by atoms with E-state index in [0.717, 1.165) is 26.5 Å². The van der Waals surface area contributed by atoms with Crippen molar-refractivity contribution in [3.8, 4) is 22.1 Å². The summed E-state index contributed by atoms with van der Waals surface area (Å²) in [6.45, 7) is 0. The molecular weight excluding hydrogens is 382 g/mol. The standard InChI is InChI=1S/C19H15N3O3S2/c1-24-13-7-4-3-6-11(13)18-20-12(10-26-18)17(23)22-19-21-16-14(25-2)8-5-9-15(16)27-19/h3-10H,1-2H3,(H,21,22,23). The van der Waals surface area contributed by atoms with E-state index in [1.165, 1.54) is 22.7 Å². The van der Waals surface area contributed by atoms with Crippen molar-refractivity contribution in [2.24, 2.45) is 0 Å². The molecule has 0 atom stereocenters. The molecule has 0 aliphatic heterocycles. The molecule has 0 aliphatic rings. The van der Waals surface area contributed by atoms with Crippen LogP contribution in [0, 0.1) is 0 Å². The quantitative estimate of drug-likeness (QED) is 0.529. The number of benzene rings is 2. The van der Waals surface area contributed by atoms with Crippen LogP contribution >= 0.6 is 22.7 Å². The lowest BCUT2D eigenvalue weighted by atomic mass is 10.2. The van der Waals surface area contributed by atoms with E-state index >= 15 is 0 Å². The van der Waals surface area contributed by atoms with Gasteiger partial charge in [-0.05, 0) is 24.3 Å². The summed E-state index contributed by atoms with van der Waals surface area (Å²) in [5, 5.41) is 5.78. The van der Waals surface area contributed by atoms with E-state index in [9.17, 15) is 4.79 Å². The molecule has 8 heteroatoms. The third-order valence-electron chi connectivity index (χ3n) is 3.90. The van der Waals surface area contributed by atoms with Crippen LogP contribution in [0.15, 0.2) is 47.8 Å². The van der Waals surface area contributed by atoms with Crippen LogP contribution in [0.1, 0.15) is 10.5 Å². The van der Waals surface area contributed by atoms with Crippen molar-refractivity contribution >= 4 is 43.9 Å². The normalized spacial score (nSPS) is 10.7. The highest BCUT2D eigenvalue weighted by molar-refractivity contribution is 7.22. The Morgan fingerprint density at radius 1 is 1.00 bits per heavy atom. The van der Waals surface area contributed by atoms with E-state index in [-0.39, 0.29) is 5.91 Å². The van der Waals surface area contributed by atoms with Crippen LogP contribution in [-0.4, -0.2) is 30.1 Å². The number of amides is 1. The Hall–Kier alpha value is -2.97. The fourth-order valence-electron chi connectivity index (χ4n) is 2.63. The van der Waals surface area contributed by atoms with Crippen molar-refractivity contribution < 1.29 is 14.3 Å². The van der Waals surface area contributed by atoms with Crippen molar-refractivity contribution in [3.05, 3.63) is 53.5 Å². The number of nitrogens with one attached hydrogen (secondary N) is 1. The van der Waals surface area contributed by atoms with Crippen LogP contribution in [-0.2, 0) is 0 Å². The average Bonchev–Trinajstić information content (AvgIpc) is 3.34. The van der Waals surface area contributed by atoms with Crippen molar-refractivity contribution in [2.75, 3.05) is 19.5 Å². The van der Waals surface area contributed by atoms with Crippen molar-refractivity contribution in [1.82, 2.24) is 9.97 Å². The second-order valence-corrected chi connectivity index (χ2v) is 7.41. The summed E-state index contributed by atoms with van der Waals surface area (Å²) in [5.74, 6) is 1.10. The minimum absolute atomic E-state index is 0.301. The first-order valence-electron chi connectivity index (χ1n) is 8.03. The zero-order valence-electron chi connectivity index (χ0n) is 14.6. The van der Waals surface area contributed by atoms with Gasteiger partial charge in [-0.25, -0.2) is 9.97 Å². The lowest BCUT2D eigenvalue weighted by molar-refractivity contribution is 0.102. The van der Waals surface area contributed by atoms with Crippen LogP contribution in [0.4, 0.5) is 5.13 Å². The minimum atomic E-state index is -0.301. The van der Waals surface area contributed by atoms with Gasteiger partial charge in [-0.15, -0.1) is 11.3 Å². The summed E-state index contributed by atoms with van der Waals surface area (Å²) in [6.07, 6.45) is 0. The molecule has 0 saturated carbocycles. The maximum Gasteiger partial charge on any atom is 0.276 e. The molecule has 2 aromatic heterocycles. The van der Waals surface area contributed by atoms with Crippen LogP contribution in [0.2, 0.25) is 0 Å². The smallest absolute Gasteiger partial charge is 0.276 e. The van der Waals surface area contributed by atoms with Crippen LogP contribution in [0.5, 0.6) is 11.5 Å². The van der Waals surface area contributed by atoms with Gasteiger partial charge in [0.05, 0.1) is 24.5 Å². The van der Waals surface area contributed by atoms with Gasteiger partial charge in [-0.2, -0.15) is 0 Å². The summed E-state index contributed by atoms with van der Waals surface area (Å²) in [5.41, 5.74) is 1.93. The number of anilines is 1. The lowest BCUT2D eigenvalue weighted by Crippen LogP contribution is -2.12. The van der Waals surface area contributed by atoms with Gasteiger partial charge in [0.1, 0.15) is 27.7 Å². The van der Waals surface area contributed by atoms with E-state index in [0.29, 0.717) is 16.6 Å². The molecule has 2 heterocycles. The van der Waals surface area contributed by atoms with Gasteiger partial charge < -0.3 is 9.47 Å². The largest absolute Gasteiger partial charge is 0.496 e. The van der Waals surface area contributed by atoms with Gasteiger partial charge in [0.15, 0.2) is 5.13 Å². The number of nitrogens with zero attached hydrogens (tertiary/aromatic N) is 2. The van der Waals surface area contributed by atoms with Gasteiger partial charge in [0, 0.05) is 5.38 Å². The van der Waals surface area contributed by atoms with Gasteiger partial charge in [-0.3, -0.25) is 10.1 Å². The van der Waals surface area contributed by atoms with Crippen LogP contribution in [0.25, 0.3) is 20.8 Å². The monoisotopic (exact) mass is 397 g/mol. The Bertz CT molecular complexity index is 1120. The second-order valence-electron chi connectivity index (χ2n) is 5.52. The number of hydrogen-bond acceptors (Lipinski definition) is 7. The molecule has 1 amide bonds. The highest BCUT2D eigenvalue weighted by Crippen LogP contribution is 2.34. The molecule has 2 aromatic carbocycles.